The number of nitrogens with one attached hydrogen (secondary N) is 2. The van der Waals surface area contributed by atoms with Crippen LogP contribution in [0.15, 0.2) is 30.6 Å². The molecule has 0 atom stereocenters. The highest BCUT2D eigenvalue weighted by Crippen LogP contribution is 2.23. The van der Waals surface area contributed by atoms with Crippen LogP contribution in [0.3, 0.4) is 0 Å². The fraction of sp³-hybridized carbons (Fsp3) is 0.312. The normalized spacial score (nSPS) is 11.4. The predicted octanol–water partition coefficient (Wildman–Crippen LogP) is 2.57. The summed E-state index contributed by atoms with van der Waals surface area (Å²) in [6.45, 7) is 3.92. The molecule has 0 saturated heterocycles. The Bertz CT molecular complexity index is 791. The first-order valence-corrected chi connectivity index (χ1v) is 7.14. The van der Waals surface area contributed by atoms with Crippen molar-refractivity contribution in [2.24, 2.45) is 0 Å². The van der Waals surface area contributed by atoms with Crippen molar-refractivity contribution >= 4 is 27.8 Å². The van der Waals surface area contributed by atoms with Gasteiger partial charge in [0.15, 0.2) is 0 Å². The van der Waals surface area contributed by atoms with E-state index in [1.807, 2.05) is 38.2 Å². The van der Waals surface area contributed by atoms with Gasteiger partial charge in [0.1, 0.15) is 5.65 Å². The van der Waals surface area contributed by atoms with E-state index >= 15 is 0 Å². The molecular weight excluding hydrogens is 264 g/mol. The van der Waals surface area contributed by atoms with E-state index in [4.69, 9.17) is 0 Å². The summed E-state index contributed by atoms with van der Waals surface area (Å²) in [4.78, 5) is 23.7. The standard InChI is InChI=1S/C16H18N4O/c1-10(2)18-15(21)6-4-11-3-5-12-13-9-17-8-7-14(13)20-16(12)19-11/h3,5,7-10H,4,6H2,1-2H3,(H,18,21)(H,19,20). The molecule has 5 nitrogen and oxygen atoms in total. The van der Waals surface area contributed by atoms with E-state index in [1.54, 1.807) is 6.20 Å². The van der Waals surface area contributed by atoms with Crippen molar-refractivity contribution in [2.45, 2.75) is 32.7 Å². The molecule has 3 aromatic rings. The summed E-state index contributed by atoms with van der Waals surface area (Å²) < 4.78 is 0. The molecule has 0 aliphatic carbocycles. The Labute approximate surface area is 122 Å². The van der Waals surface area contributed by atoms with Crippen molar-refractivity contribution in [2.75, 3.05) is 0 Å². The fourth-order valence-electron chi connectivity index (χ4n) is 2.43. The zero-order chi connectivity index (χ0) is 14.8. The third-order valence-corrected chi connectivity index (χ3v) is 3.38. The minimum atomic E-state index is 0.0627. The van der Waals surface area contributed by atoms with Crippen molar-refractivity contribution in [1.29, 1.82) is 0 Å². The Morgan fingerprint density at radius 1 is 1.29 bits per heavy atom. The van der Waals surface area contributed by atoms with Crippen LogP contribution in [0.2, 0.25) is 0 Å². The lowest BCUT2D eigenvalue weighted by Gasteiger charge is -2.07. The van der Waals surface area contributed by atoms with Gasteiger partial charge < -0.3 is 10.3 Å². The summed E-state index contributed by atoms with van der Waals surface area (Å²) in [5, 5.41) is 5.03. The number of aryl methyl sites for hydroxylation is 1. The van der Waals surface area contributed by atoms with Crippen molar-refractivity contribution in [3.05, 3.63) is 36.3 Å². The van der Waals surface area contributed by atoms with Crippen LogP contribution in [0.25, 0.3) is 21.9 Å². The number of hydrogen-bond donors (Lipinski definition) is 2. The number of fused-ring (bicyclic) bond motifs is 3. The molecule has 0 unspecified atom stereocenters. The highest BCUT2D eigenvalue weighted by Gasteiger charge is 2.08. The Morgan fingerprint density at radius 3 is 2.95 bits per heavy atom. The highest BCUT2D eigenvalue weighted by atomic mass is 16.1. The van der Waals surface area contributed by atoms with Crippen LogP contribution in [0.1, 0.15) is 26.0 Å². The molecule has 1 amide bonds. The van der Waals surface area contributed by atoms with Crippen molar-refractivity contribution in [1.82, 2.24) is 20.3 Å². The molecule has 3 aromatic heterocycles. The zero-order valence-corrected chi connectivity index (χ0v) is 12.2. The van der Waals surface area contributed by atoms with E-state index in [2.05, 4.69) is 20.3 Å². The first kappa shape index (κ1) is 13.5. The predicted molar refractivity (Wildman–Crippen MR) is 83.0 cm³/mol. The summed E-state index contributed by atoms with van der Waals surface area (Å²) in [5.41, 5.74) is 2.79. The highest BCUT2D eigenvalue weighted by molar-refractivity contribution is 6.05. The number of aromatic amines is 1. The van der Waals surface area contributed by atoms with Gasteiger partial charge in [0.25, 0.3) is 0 Å². The first-order valence-electron chi connectivity index (χ1n) is 7.14. The van der Waals surface area contributed by atoms with Gasteiger partial charge in [-0.05, 0) is 38.5 Å². The van der Waals surface area contributed by atoms with Gasteiger partial charge in [0, 0.05) is 41.3 Å². The molecule has 0 aliphatic heterocycles. The summed E-state index contributed by atoms with van der Waals surface area (Å²) in [6.07, 6.45) is 4.70. The van der Waals surface area contributed by atoms with Gasteiger partial charge in [-0.15, -0.1) is 0 Å². The molecule has 5 heteroatoms. The second-order valence-electron chi connectivity index (χ2n) is 5.47. The van der Waals surface area contributed by atoms with Gasteiger partial charge in [-0.1, -0.05) is 0 Å². The molecule has 108 valence electrons. The lowest BCUT2D eigenvalue weighted by Crippen LogP contribution is -2.30. The molecule has 2 N–H and O–H groups in total. The summed E-state index contributed by atoms with van der Waals surface area (Å²) in [7, 11) is 0. The molecule has 0 saturated carbocycles. The molecule has 3 heterocycles. The molecule has 3 rings (SSSR count). The van der Waals surface area contributed by atoms with Crippen LogP contribution in [0.4, 0.5) is 0 Å². The number of carbonyl (C=O) groups is 1. The quantitative estimate of drug-likeness (QED) is 0.772. The van der Waals surface area contributed by atoms with E-state index in [0.29, 0.717) is 12.8 Å². The average molecular weight is 282 g/mol. The first-order chi connectivity index (χ1) is 10.1. The van der Waals surface area contributed by atoms with Gasteiger partial charge in [0.2, 0.25) is 5.91 Å². The zero-order valence-electron chi connectivity index (χ0n) is 12.2. The number of H-pyrrole nitrogens is 1. The minimum Gasteiger partial charge on any atom is -0.354 e. The van der Waals surface area contributed by atoms with Gasteiger partial charge in [0.05, 0.1) is 5.52 Å². The fourth-order valence-corrected chi connectivity index (χ4v) is 2.43. The van der Waals surface area contributed by atoms with Crippen LogP contribution in [-0.2, 0) is 11.2 Å². The van der Waals surface area contributed by atoms with Crippen LogP contribution in [0.5, 0.6) is 0 Å². The van der Waals surface area contributed by atoms with E-state index in [1.165, 1.54) is 0 Å². The van der Waals surface area contributed by atoms with E-state index in [9.17, 15) is 4.79 Å². The van der Waals surface area contributed by atoms with Gasteiger partial charge in [-0.3, -0.25) is 9.78 Å². The monoisotopic (exact) mass is 282 g/mol. The number of amides is 1. The van der Waals surface area contributed by atoms with E-state index in [-0.39, 0.29) is 11.9 Å². The Hall–Kier alpha value is -2.43. The number of aromatic nitrogens is 3. The number of carbonyl (C=O) groups excluding carboxylic acids is 1. The number of rotatable bonds is 4. The van der Waals surface area contributed by atoms with Crippen molar-refractivity contribution in [3.63, 3.8) is 0 Å². The molecule has 0 spiro atoms. The number of pyridine rings is 2. The molecule has 0 fully saturated rings. The third-order valence-electron chi connectivity index (χ3n) is 3.38. The number of hydrogen-bond acceptors (Lipinski definition) is 3. The van der Waals surface area contributed by atoms with Crippen LogP contribution >= 0.6 is 0 Å². The Balaban J connectivity index is 1.81. The summed E-state index contributed by atoms with van der Waals surface area (Å²) >= 11 is 0. The van der Waals surface area contributed by atoms with Crippen LogP contribution in [-0.4, -0.2) is 26.9 Å². The molecule has 0 aromatic carbocycles. The molecular formula is C16H18N4O. The second kappa shape index (κ2) is 5.52. The maximum Gasteiger partial charge on any atom is 0.220 e. The largest absolute Gasteiger partial charge is 0.354 e. The van der Waals surface area contributed by atoms with Crippen molar-refractivity contribution in [3.8, 4) is 0 Å². The lowest BCUT2D eigenvalue weighted by molar-refractivity contribution is -0.121. The van der Waals surface area contributed by atoms with Crippen LogP contribution in [0, 0.1) is 0 Å². The SMILES string of the molecule is CC(C)NC(=O)CCc1ccc2c(n1)[nH]c1ccncc12. The van der Waals surface area contributed by atoms with Gasteiger partial charge in [-0.2, -0.15) is 0 Å². The van der Waals surface area contributed by atoms with Crippen LogP contribution < -0.4 is 5.32 Å². The Kier molecular flexibility index (Phi) is 3.56. The topological polar surface area (TPSA) is 70.7 Å². The van der Waals surface area contributed by atoms with E-state index in [0.717, 1.165) is 27.6 Å². The molecule has 21 heavy (non-hydrogen) atoms. The summed E-state index contributed by atoms with van der Waals surface area (Å²) in [5.74, 6) is 0.0627. The van der Waals surface area contributed by atoms with Crippen molar-refractivity contribution < 1.29 is 4.79 Å². The Morgan fingerprint density at radius 2 is 2.14 bits per heavy atom. The average Bonchev–Trinajstić information content (AvgIpc) is 2.82. The molecule has 0 radical (unpaired) electrons. The maximum absolute atomic E-state index is 11.7. The molecule has 0 bridgehead atoms. The third kappa shape index (κ3) is 2.86. The number of nitrogens with zero attached hydrogens (tertiary/aromatic N) is 2. The van der Waals surface area contributed by atoms with E-state index < -0.39 is 0 Å². The van der Waals surface area contributed by atoms with Gasteiger partial charge in [-0.25, -0.2) is 4.98 Å². The lowest BCUT2D eigenvalue weighted by atomic mass is 10.1. The minimum absolute atomic E-state index is 0.0627. The second-order valence-corrected chi connectivity index (χ2v) is 5.47. The molecule has 0 aliphatic rings. The smallest absolute Gasteiger partial charge is 0.220 e. The summed E-state index contributed by atoms with van der Waals surface area (Å²) in [6, 6.07) is 6.13. The maximum atomic E-state index is 11.7. The van der Waals surface area contributed by atoms with Gasteiger partial charge >= 0.3 is 0 Å².